The minimum Gasteiger partial charge on any atom is -0.384 e. The van der Waals surface area contributed by atoms with E-state index in [9.17, 15) is 0 Å². The first-order valence-electron chi connectivity index (χ1n) is 9.52. The first-order valence-corrected chi connectivity index (χ1v) is 9.52. The molecular formula is C24H26N2. The molecule has 2 heteroatoms. The van der Waals surface area contributed by atoms with E-state index in [0.717, 1.165) is 32.5 Å². The van der Waals surface area contributed by atoms with Crippen LogP contribution in [0.3, 0.4) is 0 Å². The summed E-state index contributed by atoms with van der Waals surface area (Å²) in [6.07, 6.45) is 2.25. The van der Waals surface area contributed by atoms with Crippen molar-refractivity contribution in [2.45, 2.75) is 25.4 Å². The minimum atomic E-state index is 0.560. The molecule has 0 aromatic heterocycles. The second-order valence-corrected chi connectivity index (χ2v) is 7.08. The van der Waals surface area contributed by atoms with Crippen LogP contribution in [-0.4, -0.2) is 24.0 Å². The Morgan fingerprint density at radius 3 is 2.19 bits per heavy atom. The third-order valence-electron chi connectivity index (χ3n) is 5.28. The van der Waals surface area contributed by atoms with Gasteiger partial charge in [0.2, 0.25) is 0 Å². The Balaban J connectivity index is 1.45. The molecule has 0 fully saturated rings. The molecule has 0 amide bonds. The van der Waals surface area contributed by atoms with E-state index in [4.69, 9.17) is 0 Å². The van der Waals surface area contributed by atoms with Gasteiger partial charge in [-0.25, -0.2) is 0 Å². The number of para-hydroxylation sites is 1. The van der Waals surface area contributed by atoms with E-state index in [-0.39, 0.29) is 0 Å². The fourth-order valence-electron chi connectivity index (χ4n) is 3.89. The minimum absolute atomic E-state index is 0.560. The van der Waals surface area contributed by atoms with Crippen molar-refractivity contribution in [1.82, 2.24) is 4.90 Å². The van der Waals surface area contributed by atoms with Crippen LogP contribution >= 0.6 is 0 Å². The van der Waals surface area contributed by atoms with E-state index in [2.05, 4.69) is 95.1 Å². The second-order valence-electron chi connectivity index (χ2n) is 7.08. The summed E-state index contributed by atoms with van der Waals surface area (Å²) in [7, 11) is 0. The van der Waals surface area contributed by atoms with Gasteiger partial charge in [-0.15, -0.1) is 0 Å². The maximum Gasteiger partial charge on any atom is 0.0340 e. The summed E-state index contributed by atoms with van der Waals surface area (Å²) in [5, 5.41) is 3.56. The lowest BCUT2D eigenvalue weighted by molar-refractivity contribution is 0.177. The highest BCUT2D eigenvalue weighted by Crippen LogP contribution is 2.25. The number of nitrogens with one attached hydrogen (secondary N) is 1. The summed E-state index contributed by atoms with van der Waals surface area (Å²) in [5.41, 5.74) is 5.62. The average Bonchev–Trinajstić information content (AvgIpc) is 2.70. The first-order chi connectivity index (χ1) is 12.9. The van der Waals surface area contributed by atoms with E-state index in [0.29, 0.717) is 6.04 Å². The highest BCUT2D eigenvalue weighted by Gasteiger charge is 2.25. The molecule has 1 heterocycles. The zero-order valence-corrected chi connectivity index (χ0v) is 15.1. The molecule has 26 heavy (non-hydrogen) atoms. The van der Waals surface area contributed by atoms with Gasteiger partial charge in [-0.05, 0) is 41.7 Å². The fraction of sp³-hybridized carbons (Fsp3) is 0.250. The largest absolute Gasteiger partial charge is 0.384 e. The van der Waals surface area contributed by atoms with Gasteiger partial charge in [-0.2, -0.15) is 0 Å². The lowest BCUT2D eigenvalue weighted by Gasteiger charge is -2.37. The predicted octanol–water partition coefficient (Wildman–Crippen LogP) is 4.77. The van der Waals surface area contributed by atoms with Crippen LogP contribution in [0.15, 0.2) is 84.9 Å². The standard InChI is InChI=1S/C24H26N2/c1-3-9-20(10-4-1)17-24-18-21-11-7-8-12-22(21)19-26(24)16-15-25-23-13-5-2-6-14-23/h1-14,24-25H,15-19H2. The molecule has 0 saturated carbocycles. The van der Waals surface area contributed by atoms with E-state index < -0.39 is 0 Å². The van der Waals surface area contributed by atoms with Crippen molar-refractivity contribution < 1.29 is 0 Å². The van der Waals surface area contributed by atoms with Gasteiger partial charge >= 0.3 is 0 Å². The van der Waals surface area contributed by atoms with Crippen LogP contribution in [0, 0.1) is 0 Å². The van der Waals surface area contributed by atoms with Gasteiger partial charge in [0.1, 0.15) is 0 Å². The molecule has 3 aromatic rings. The van der Waals surface area contributed by atoms with Crippen LogP contribution in [0.25, 0.3) is 0 Å². The Hall–Kier alpha value is -2.58. The number of fused-ring (bicyclic) bond motifs is 1. The van der Waals surface area contributed by atoms with Gasteiger partial charge in [0.15, 0.2) is 0 Å². The number of nitrogens with zero attached hydrogens (tertiary/aromatic N) is 1. The van der Waals surface area contributed by atoms with Gasteiger partial charge in [0.25, 0.3) is 0 Å². The highest BCUT2D eigenvalue weighted by molar-refractivity contribution is 5.42. The maximum absolute atomic E-state index is 3.56. The molecule has 1 unspecified atom stereocenters. The summed E-state index contributed by atoms with van der Waals surface area (Å²) in [5.74, 6) is 0. The second kappa shape index (κ2) is 8.20. The molecule has 1 N–H and O–H groups in total. The Morgan fingerprint density at radius 1 is 0.769 bits per heavy atom. The summed E-state index contributed by atoms with van der Waals surface area (Å²) in [6.45, 7) is 3.07. The van der Waals surface area contributed by atoms with Crippen LogP contribution in [0.4, 0.5) is 5.69 Å². The van der Waals surface area contributed by atoms with Gasteiger partial charge < -0.3 is 5.32 Å². The predicted molar refractivity (Wildman–Crippen MR) is 109 cm³/mol. The van der Waals surface area contributed by atoms with Crippen molar-refractivity contribution in [2.75, 3.05) is 18.4 Å². The number of benzene rings is 3. The molecule has 2 nitrogen and oxygen atoms in total. The van der Waals surface area contributed by atoms with Crippen LogP contribution < -0.4 is 5.32 Å². The number of anilines is 1. The molecule has 0 saturated heterocycles. The summed E-state index contributed by atoms with van der Waals surface area (Å²) < 4.78 is 0. The van der Waals surface area contributed by atoms with Gasteiger partial charge in [0.05, 0.1) is 0 Å². The Labute approximate surface area is 156 Å². The van der Waals surface area contributed by atoms with Crippen molar-refractivity contribution in [1.29, 1.82) is 0 Å². The summed E-state index contributed by atoms with van der Waals surface area (Å²) in [6, 6.07) is 30.9. The fourth-order valence-corrected chi connectivity index (χ4v) is 3.89. The lowest BCUT2D eigenvalue weighted by atomic mass is 9.90. The van der Waals surface area contributed by atoms with Gasteiger partial charge in [0, 0.05) is 31.4 Å². The summed E-state index contributed by atoms with van der Waals surface area (Å²) in [4.78, 5) is 2.64. The Kier molecular flexibility index (Phi) is 5.32. The van der Waals surface area contributed by atoms with Gasteiger partial charge in [-0.3, -0.25) is 4.90 Å². The van der Waals surface area contributed by atoms with Crippen LogP contribution in [0.5, 0.6) is 0 Å². The monoisotopic (exact) mass is 342 g/mol. The van der Waals surface area contributed by atoms with E-state index in [1.54, 1.807) is 0 Å². The van der Waals surface area contributed by atoms with Crippen molar-refractivity contribution in [2.24, 2.45) is 0 Å². The Morgan fingerprint density at radius 2 is 1.42 bits per heavy atom. The van der Waals surface area contributed by atoms with Crippen molar-refractivity contribution in [3.8, 4) is 0 Å². The van der Waals surface area contributed by atoms with Crippen molar-refractivity contribution in [3.05, 3.63) is 102 Å². The molecule has 132 valence electrons. The first kappa shape index (κ1) is 16.9. The van der Waals surface area contributed by atoms with E-state index in [1.807, 2.05) is 0 Å². The average molecular weight is 342 g/mol. The normalized spacial score (nSPS) is 16.8. The van der Waals surface area contributed by atoms with Crippen LogP contribution in [0.1, 0.15) is 16.7 Å². The molecule has 0 spiro atoms. The molecular weight excluding hydrogens is 316 g/mol. The number of rotatable bonds is 6. The third kappa shape index (κ3) is 4.14. The molecule has 0 bridgehead atoms. The summed E-state index contributed by atoms with van der Waals surface area (Å²) >= 11 is 0. The topological polar surface area (TPSA) is 15.3 Å². The van der Waals surface area contributed by atoms with Crippen LogP contribution in [-0.2, 0) is 19.4 Å². The number of hydrogen-bond acceptors (Lipinski definition) is 2. The molecule has 0 radical (unpaired) electrons. The quantitative estimate of drug-likeness (QED) is 0.694. The molecule has 3 aromatic carbocycles. The SMILES string of the molecule is c1ccc(CC2Cc3ccccc3CN2CCNc2ccccc2)cc1. The Bertz CT molecular complexity index is 814. The van der Waals surface area contributed by atoms with E-state index in [1.165, 1.54) is 22.4 Å². The molecule has 1 aliphatic rings. The lowest BCUT2D eigenvalue weighted by Crippen LogP contribution is -2.43. The van der Waals surface area contributed by atoms with E-state index >= 15 is 0 Å². The maximum atomic E-state index is 3.56. The molecule has 4 rings (SSSR count). The molecule has 1 aliphatic heterocycles. The van der Waals surface area contributed by atoms with Crippen molar-refractivity contribution in [3.63, 3.8) is 0 Å². The zero-order valence-electron chi connectivity index (χ0n) is 15.1. The molecule has 0 aliphatic carbocycles. The highest BCUT2D eigenvalue weighted by atomic mass is 15.2. The van der Waals surface area contributed by atoms with Crippen molar-refractivity contribution >= 4 is 5.69 Å². The van der Waals surface area contributed by atoms with Crippen LogP contribution in [0.2, 0.25) is 0 Å². The number of hydrogen-bond donors (Lipinski definition) is 1. The smallest absolute Gasteiger partial charge is 0.0340 e. The molecule has 1 atom stereocenters. The third-order valence-corrected chi connectivity index (χ3v) is 5.28. The zero-order chi connectivity index (χ0) is 17.6. The van der Waals surface area contributed by atoms with Gasteiger partial charge in [-0.1, -0.05) is 72.8 Å².